The lowest BCUT2D eigenvalue weighted by Gasteiger charge is -2.58. The average molecular weight is 252 g/mol. The zero-order chi connectivity index (χ0) is 12.9. The van der Waals surface area contributed by atoms with Crippen LogP contribution in [-0.4, -0.2) is 24.2 Å². The lowest BCUT2D eigenvalue weighted by atomic mass is 9.46. The Morgan fingerprint density at radius 3 is 1.89 bits per heavy atom. The second kappa shape index (κ2) is 3.97. The van der Waals surface area contributed by atoms with Crippen molar-refractivity contribution in [2.45, 2.75) is 38.5 Å². The Morgan fingerprint density at radius 2 is 1.56 bits per heavy atom. The van der Waals surface area contributed by atoms with Gasteiger partial charge >= 0.3 is 11.9 Å². The Kier molecular flexibility index (Phi) is 2.65. The average Bonchev–Trinajstić information content (AvgIpc) is 2.25. The van der Waals surface area contributed by atoms with Gasteiger partial charge in [-0.25, -0.2) is 0 Å². The zero-order valence-electron chi connectivity index (χ0n) is 10.7. The van der Waals surface area contributed by atoms with Gasteiger partial charge in [-0.3, -0.25) is 9.59 Å². The summed E-state index contributed by atoms with van der Waals surface area (Å²) in [6.07, 6.45) is 6.45. The van der Waals surface area contributed by atoms with Gasteiger partial charge in [0.15, 0.2) is 5.92 Å². The fourth-order valence-corrected chi connectivity index (χ4v) is 5.26. The maximum atomic E-state index is 11.9. The van der Waals surface area contributed by atoms with E-state index in [0.29, 0.717) is 17.8 Å². The van der Waals surface area contributed by atoms with Crippen LogP contribution in [-0.2, 0) is 14.3 Å². The highest BCUT2D eigenvalue weighted by Crippen LogP contribution is 2.62. The number of carbonyl (C=O) groups is 2. The summed E-state index contributed by atoms with van der Waals surface area (Å²) in [5.41, 5.74) is -0.312. The van der Waals surface area contributed by atoms with E-state index in [4.69, 9.17) is 4.74 Å². The fraction of sp³-hybridized carbons (Fsp3) is 0.857. The van der Waals surface area contributed by atoms with E-state index in [1.807, 2.05) is 0 Å². The highest BCUT2D eigenvalue weighted by Gasteiger charge is 2.58. The van der Waals surface area contributed by atoms with Crippen molar-refractivity contribution in [1.29, 1.82) is 0 Å². The number of hydrogen-bond donors (Lipinski definition) is 1. The molecule has 0 aromatic carbocycles. The van der Waals surface area contributed by atoms with E-state index in [-0.39, 0.29) is 5.41 Å². The molecular formula is C14H20O4. The van der Waals surface area contributed by atoms with Crippen LogP contribution in [0.15, 0.2) is 0 Å². The summed E-state index contributed by atoms with van der Waals surface area (Å²) in [4.78, 5) is 23.4. The summed E-state index contributed by atoms with van der Waals surface area (Å²) in [6.45, 7) is 0. The van der Waals surface area contributed by atoms with Crippen molar-refractivity contribution in [2.24, 2.45) is 29.1 Å². The Hall–Kier alpha value is -1.06. The summed E-state index contributed by atoms with van der Waals surface area (Å²) >= 11 is 0. The lowest BCUT2D eigenvalue weighted by Crippen LogP contribution is -2.53. The molecule has 1 N–H and O–H groups in total. The zero-order valence-corrected chi connectivity index (χ0v) is 10.7. The first-order valence-corrected chi connectivity index (χ1v) is 6.85. The fourth-order valence-electron chi connectivity index (χ4n) is 5.26. The smallest absolute Gasteiger partial charge is 0.320 e. The molecule has 0 aromatic heterocycles. The van der Waals surface area contributed by atoms with Gasteiger partial charge in [-0.15, -0.1) is 0 Å². The molecule has 1 atom stereocenters. The molecule has 0 spiro atoms. The van der Waals surface area contributed by atoms with E-state index < -0.39 is 17.9 Å². The highest BCUT2D eigenvalue weighted by molar-refractivity contribution is 5.95. The summed E-state index contributed by atoms with van der Waals surface area (Å²) in [7, 11) is 1.29. The van der Waals surface area contributed by atoms with E-state index >= 15 is 0 Å². The summed E-state index contributed by atoms with van der Waals surface area (Å²) in [5.74, 6) is -0.572. The molecule has 0 saturated heterocycles. The van der Waals surface area contributed by atoms with Crippen LogP contribution in [0, 0.1) is 29.1 Å². The first kappa shape index (κ1) is 12.0. The highest BCUT2D eigenvalue weighted by atomic mass is 16.5. The molecule has 4 aliphatic carbocycles. The summed E-state index contributed by atoms with van der Waals surface area (Å²) in [5, 5.41) is 9.43. The number of rotatable bonds is 3. The van der Waals surface area contributed by atoms with Crippen LogP contribution in [0.3, 0.4) is 0 Å². The number of ether oxygens (including phenoxy) is 1. The first-order chi connectivity index (χ1) is 8.54. The second-order valence-electron chi connectivity index (χ2n) is 6.57. The van der Waals surface area contributed by atoms with Gasteiger partial charge in [0.05, 0.1) is 7.11 Å². The molecule has 4 heteroatoms. The minimum atomic E-state index is -0.996. The van der Waals surface area contributed by atoms with Crippen molar-refractivity contribution < 1.29 is 19.4 Å². The molecule has 4 bridgehead atoms. The van der Waals surface area contributed by atoms with Crippen molar-refractivity contribution in [3.05, 3.63) is 0 Å². The number of hydrogen-bond acceptors (Lipinski definition) is 3. The predicted molar refractivity (Wildman–Crippen MR) is 63.7 cm³/mol. The molecule has 18 heavy (non-hydrogen) atoms. The largest absolute Gasteiger partial charge is 0.481 e. The van der Waals surface area contributed by atoms with Crippen LogP contribution in [0.4, 0.5) is 0 Å². The van der Waals surface area contributed by atoms with Crippen molar-refractivity contribution in [1.82, 2.24) is 0 Å². The first-order valence-electron chi connectivity index (χ1n) is 6.85. The van der Waals surface area contributed by atoms with Gasteiger partial charge in [-0.1, -0.05) is 0 Å². The van der Waals surface area contributed by atoms with Crippen LogP contribution in [0.25, 0.3) is 0 Å². The standard InChI is InChI=1S/C14H20O4/c1-18-13(17)11(12(15)16)14-5-8-2-9(6-14)4-10(3-8)7-14/h8-11H,2-7H2,1H3,(H,15,16). The molecule has 0 radical (unpaired) electrons. The van der Waals surface area contributed by atoms with Gasteiger partial charge in [-0.05, 0) is 61.7 Å². The summed E-state index contributed by atoms with van der Waals surface area (Å²) < 4.78 is 4.74. The van der Waals surface area contributed by atoms with Gasteiger partial charge in [-0.2, -0.15) is 0 Å². The van der Waals surface area contributed by atoms with Crippen LogP contribution in [0.2, 0.25) is 0 Å². The number of methoxy groups -OCH3 is 1. The molecule has 4 rings (SSSR count). The third-order valence-electron chi connectivity index (χ3n) is 5.38. The minimum absolute atomic E-state index is 0.312. The Bertz CT molecular complexity index is 352. The SMILES string of the molecule is COC(=O)C(C(=O)O)C12CC3CC(CC(C3)C1)C2. The molecule has 4 fully saturated rings. The number of carboxylic acids is 1. The molecule has 0 aliphatic heterocycles. The Labute approximate surface area is 107 Å². The Morgan fingerprint density at radius 1 is 1.11 bits per heavy atom. The van der Waals surface area contributed by atoms with E-state index in [0.717, 1.165) is 19.3 Å². The third kappa shape index (κ3) is 1.65. The van der Waals surface area contributed by atoms with E-state index in [1.165, 1.54) is 26.4 Å². The van der Waals surface area contributed by atoms with Crippen LogP contribution in [0.5, 0.6) is 0 Å². The Balaban J connectivity index is 1.93. The topological polar surface area (TPSA) is 63.6 Å². The van der Waals surface area contributed by atoms with E-state index in [9.17, 15) is 14.7 Å². The molecule has 0 heterocycles. The van der Waals surface area contributed by atoms with Crippen LogP contribution < -0.4 is 0 Å². The van der Waals surface area contributed by atoms with Gasteiger partial charge in [0, 0.05) is 0 Å². The number of carboxylic acid groups (broad SMARTS) is 1. The minimum Gasteiger partial charge on any atom is -0.481 e. The molecule has 4 saturated carbocycles. The van der Waals surface area contributed by atoms with Gasteiger partial charge in [0.25, 0.3) is 0 Å². The predicted octanol–water partition coefficient (Wildman–Crippen LogP) is 2.08. The molecule has 4 nitrogen and oxygen atoms in total. The maximum Gasteiger partial charge on any atom is 0.320 e. The lowest BCUT2D eigenvalue weighted by molar-refractivity contribution is -0.174. The van der Waals surface area contributed by atoms with Crippen LogP contribution in [0.1, 0.15) is 38.5 Å². The van der Waals surface area contributed by atoms with Crippen LogP contribution >= 0.6 is 0 Å². The summed E-state index contributed by atoms with van der Waals surface area (Å²) in [6, 6.07) is 0. The molecule has 4 aliphatic rings. The molecular weight excluding hydrogens is 232 g/mol. The number of aliphatic carboxylic acids is 1. The molecule has 0 aromatic rings. The second-order valence-corrected chi connectivity index (χ2v) is 6.57. The monoisotopic (exact) mass is 252 g/mol. The van der Waals surface area contributed by atoms with E-state index in [1.54, 1.807) is 0 Å². The van der Waals surface area contributed by atoms with Crippen molar-refractivity contribution in [2.75, 3.05) is 7.11 Å². The van der Waals surface area contributed by atoms with Gasteiger partial charge in [0.2, 0.25) is 0 Å². The molecule has 100 valence electrons. The normalized spacial score (nSPS) is 42.6. The van der Waals surface area contributed by atoms with Crippen molar-refractivity contribution in [3.63, 3.8) is 0 Å². The number of carbonyl (C=O) groups excluding carboxylic acids is 1. The van der Waals surface area contributed by atoms with Gasteiger partial charge in [0.1, 0.15) is 0 Å². The molecule has 1 unspecified atom stereocenters. The quantitative estimate of drug-likeness (QED) is 0.617. The molecule has 0 amide bonds. The van der Waals surface area contributed by atoms with E-state index in [2.05, 4.69) is 0 Å². The third-order valence-corrected chi connectivity index (χ3v) is 5.38. The number of esters is 1. The van der Waals surface area contributed by atoms with Gasteiger partial charge < -0.3 is 9.84 Å². The van der Waals surface area contributed by atoms with Crippen molar-refractivity contribution >= 4 is 11.9 Å². The van der Waals surface area contributed by atoms with Crippen molar-refractivity contribution in [3.8, 4) is 0 Å². The maximum absolute atomic E-state index is 11.9.